The molecule has 4 rings (SSSR count). The second-order valence-corrected chi connectivity index (χ2v) is 7.47. The van der Waals surface area contributed by atoms with Crippen molar-refractivity contribution in [1.82, 2.24) is 9.88 Å². The Morgan fingerprint density at radius 1 is 1.10 bits per heavy atom. The van der Waals surface area contributed by atoms with Gasteiger partial charge in [0.05, 0.1) is 18.4 Å². The number of methoxy groups -OCH3 is 1. The highest BCUT2D eigenvalue weighted by atomic mass is 16.5. The molecule has 1 aromatic heterocycles. The highest BCUT2D eigenvalue weighted by molar-refractivity contribution is 5.57. The molecule has 2 aromatic carbocycles. The lowest BCUT2D eigenvalue weighted by Crippen LogP contribution is -2.42. The van der Waals surface area contributed by atoms with Crippen LogP contribution >= 0.6 is 0 Å². The molecule has 0 aliphatic carbocycles. The molecule has 158 valence electrons. The van der Waals surface area contributed by atoms with Crippen molar-refractivity contribution in [3.63, 3.8) is 0 Å². The van der Waals surface area contributed by atoms with Crippen molar-refractivity contribution in [2.75, 3.05) is 33.4 Å². The summed E-state index contributed by atoms with van der Waals surface area (Å²) in [5.41, 5.74) is 1.87. The van der Waals surface area contributed by atoms with E-state index in [-0.39, 0.29) is 6.10 Å². The van der Waals surface area contributed by atoms with Crippen molar-refractivity contribution in [2.24, 2.45) is 0 Å². The highest BCUT2D eigenvalue weighted by Crippen LogP contribution is 2.28. The largest absolute Gasteiger partial charge is 0.457 e. The molecule has 0 radical (unpaired) electrons. The van der Waals surface area contributed by atoms with Gasteiger partial charge in [0.1, 0.15) is 17.3 Å². The van der Waals surface area contributed by atoms with Crippen LogP contribution in [0.25, 0.3) is 11.5 Å². The molecule has 1 aliphatic rings. The minimum Gasteiger partial charge on any atom is -0.457 e. The molecule has 1 saturated heterocycles. The van der Waals surface area contributed by atoms with Gasteiger partial charge in [0, 0.05) is 38.9 Å². The Hall–Kier alpha value is -2.67. The standard InChI is InChI=1S/C24H28N2O4/c1-18-23(17-26-12-14-28-22(16-26)11-13-27-2)25-24(29-18)19-7-6-10-21(15-19)30-20-8-4-3-5-9-20/h3-10,15,22H,11-14,16-17H2,1-2H3/t22-/m1/s1. The Morgan fingerprint density at radius 2 is 1.93 bits per heavy atom. The Bertz CT molecular complexity index is 941. The predicted molar refractivity (Wildman–Crippen MR) is 115 cm³/mol. The van der Waals surface area contributed by atoms with E-state index in [2.05, 4.69) is 4.90 Å². The van der Waals surface area contributed by atoms with Gasteiger partial charge in [-0.1, -0.05) is 24.3 Å². The van der Waals surface area contributed by atoms with Crippen molar-refractivity contribution in [1.29, 1.82) is 0 Å². The molecule has 0 unspecified atom stereocenters. The third kappa shape index (κ3) is 5.27. The second-order valence-electron chi connectivity index (χ2n) is 7.47. The lowest BCUT2D eigenvalue weighted by molar-refractivity contribution is -0.0436. The number of aromatic nitrogens is 1. The van der Waals surface area contributed by atoms with Crippen LogP contribution in [0.5, 0.6) is 11.5 Å². The number of aryl methyl sites for hydroxylation is 1. The molecular weight excluding hydrogens is 380 g/mol. The van der Waals surface area contributed by atoms with E-state index >= 15 is 0 Å². The third-order valence-electron chi connectivity index (χ3n) is 5.19. The van der Waals surface area contributed by atoms with Crippen molar-refractivity contribution >= 4 is 0 Å². The van der Waals surface area contributed by atoms with Crippen LogP contribution in [-0.2, 0) is 16.0 Å². The van der Waals surface area contributed by atoms with Gasteiger partial charge in [0.2, 0.25) is 5.89 Å². The number of rotatable bonds is 8. The first-order chi connectivity index (χ1) is 14.7. The average Bonchev–Trinajstić information content (AvgIpc) is 3.14. The number of hydrogen-bond donors (Lipinski definition) is 0. The van der Waals surface area contributed by atoms with E-state index in [4.69, 9.17) is 23.6 Å². The molecule has 1 aliphatic heterocycles. The first-order valence-corrected chi connectivity index (χ1v) is 10.3. The summed E-state index contributed by atoms with van der Waals surface area (Å²) in [6.07, 6.45) is 1.11. The molecule has 1 fully saturated rings. The summed E-state index contributed by atoms with van der Waals surface area (Å²) in [6, 6.07) is 17.6. The topological polar surface area (TPSA) is 57.0 Å². The van der Waals surface area contributed by atoms with E-state index < -0.39 is 0 Å². The van der Waals surface area contributed by atoms with Crippen LogP contribution < -0.4 is 4.74 Å². The summed E-state index contributed by atoms with van der Waals surface area (Å²) >= 11 is 0. The molecule has 0 saturated carbocycles. The molecule has 3 aromatic rings. The zero-order valence-corrected chi connectivity index (χ0v) is 17.5. The molecular formula is C24H28N2O4. The van der Waals surface area contributed by atoms with Crippen LogP contribution in [0.4, 0.5) is 0 Å². The van der Waals surface area contributed by atoms with Crippen LogP contribution in [0.15, 0.2) is 59.0 Å². The first-order valence-electron chi connectivity index (χ1n) is 10.3. The Kier molecular flexibility index (Phi) is 6.79. The normalized spacial score (nSPS) is 17.2. The van der Waals surface area contributed by atoms with Crippen molar-refractivity contribution in [3.8, 4) is 23.0 Å². The van der Waals surface area contributed by atoms with Gasteiger partial charge in [0.25, 0.3) is 0 Å². The van der Waals surface area contributed by atoms with E-state index in [0.717, 1.165) is 61.2 Å². The number of oxazole rings is 1. The molecule has 2 heterocycles. The van der Waals surface area contributed by atoms with E-state index in [1.54, 1.807) is 7.11 Å². The summed E-state index contributed by atoms with van der Waals surface area (Å²) in [5.74, 6) is 3.02. The zero-order chi connectivity index (χ0) is 20.8. The molecule has 6 heteroatoms. The summed E-state index contributed by atoms with van der Waals surface area (Å²) < 4.78 is 23.0. The maximum Gasteiger partial charge on any atom is 0.226 e. The van der Waals surface area contributed by atoms with Crippen LogP contribution in [0.1, 0.15) is 17.9 Å². The fraction of sp³-hybridized carbons (Fsp3) is 0.375. The maximum absolute atomic E-state index is 5.99. The smallest absolute Gasteiger partial charge is 0.226 e. The van der Waals surface area contributed by atoms with Gasteiger partial charge in [-0.25, -0.2) is 4.98 Å². The monoisotopic (exact) mass is 408 g/mol. The van der Waals surface area contributed by atoms with Gasteiger partial charge in [-0.15, -0.1) is 0 Å². The van der Waals surface area contributed by atoms with Gasteiger partial charge < -0.3 is 18.6 Å². The molecule has 1 atom stereocenters. The predicted octanol–water partition coefficient (Wildman–Crippen LogP) is 4.68. The number of benzene rings is 2. The summed E-state index contributed by atoms with van der Waals surface area (Å²) in [4.78, 5) is 7.15. The number of nitrogens with zero attached hydrogens (tertiary/aromatic N) is 2. The Morgan fingerprint density at radius 3 is 2.77 bits per heavy atom. The second kappa shape index (κ2) is 9.89. The van der Waals surface area contributed by atoms with Crippen molar-refractivity contribution in [3.05, 3.63) is 66.1 Å². The number of morpholine rings is 1. The van der Waals surface area contributed by atoms with Gasteiger partial charge in [-0.2, -0.15) is 0 Å². The summed E-state index contributed by atoms with van der Waals surface area (Å²) in [7, 11) is 1.72. The minimum absolute atomic E-state index is 0.206. The van der Waals surface area contributed by atoms with Gasteiger partial charge in [0.15, 0.2) is 0 Å². The summed E-state index contributed by atoms with van der Waals surface area (Å²) in [5, 5.41) is 0. The lowest BCUT2D eigenvalue weighted by Gasteiger charge is -2.32. The van der Waals surface area contributed by atoms with E-state index in [1.807, 2.05) is 61.5 Å². The van der Waals surface area contributed by atoms with Crippen LogP contribution in [0, 0.1) is 6.92 Å². The fourth-order valence-electron chi connectivity index (χ4n) is 3.58. The van der Waals surface area contributed by atoms with Crippen LogP contribution in [-0.4, -0.2) is 49.4 Å². The molecule has 0 N–H and O–H groups in total. The molecule has 0 spiro atoms. The summed E-state index contributed by atoms with van der Waals surface area (Å²) in [6.45, 7) is 5.95. The van der Waals surface area contributed by atoms with Crippen LogP contribution in [0.2, 0.25) is 0 Å². The SMILES string of the molecule is COCC[C@@H]1CN(Cc2nc(-c3cccc(Oc4ccccc4)c3)oc2C)CCO1. The molecule has 6 nitrogen and oxygen atoms in total. The van der Waals surface area contributed by atoms with E-state index in [9.17, 15) is 0 Å². The first kappa shape index (κ1) is 20.6. The molecule has 30 heavy (non-hydrogen) atoms. The van der Waals surface area contributed by atoms with Crippen LogP contribution in [0.3, 0.4) is 0 Å². The van der Waals surface area contributed by atoms with Gasteiger partial charge in [-0.3, -0.25) is 4.90 Å². The maximum atomic E-state index is 5.99. The fourth-order valence-corrected chi connectivity index (χ4v) is 3.58. The van der Waals surface area contributed by atoms with Gasteiger partial charge in [-0.05, 0) is 43.7 Å². The number of hydrogen-bond acceptors (Lipinski definition) is 6. The van der Waals surface area contributed by atoms with E-state index in [0.29, 0.717) is 12.5 Å². The lowest BCUT2D eigenvalue weighted by atomic mass is 10.2. The van der Waals surface area contributed by atoms with Crippen molar-refractivity contribution in [2.45, 2.75) is 26.0 Å². The Labute approximate surface area is 177 Å². The molecule has 0 bridgehead atoms. The quantitative estimate of drug-likeness (QED) is 0.539. The number of para-hydroxylation sites is 1. The van der Waals surface area contributed by atoms with E-state index in [1.165, 1.54) is 0 Å². The van der Waals surface area contributed by atoms with Gasteiger partial charge >= 0.3 is 0 Å². The average molecular weight is 408 g/mol. The third-order valence-corrected chi connectivity index (χ3v) is 5.19. The Balaban J connectivity index is 1.44. The van der Waals surface area contributed by atoms with Crippen molar-refractivity contribution < 1.29 is 18.6 Å². The molecule has 0 amide bonds. The number of ether oxygens (including phenoxy) is 3. The highest BCUT2D eigenvalue weighted by Gasteiger charge is 2.22. The zero-order valence-electron chi connectivity index (χ0n) is 17.5. The minimum atomic E-state index is 0.206.